The average Bonchev–Trinajstić information content (AvgIpc) is 3.92. The molecule has 10 nitrogen and oxygen atoms in total. The van der Waals surface area contributed by atoms with Gasteiger partial charge in [0.05, 0.1) is 22.0 Å². The molecule has 0 radical (unpaired) electrons. The standard InChI is InChI=1S/C45H43F3N2O8S3/c1-24(58-53)11-8-10-16-45(3)30-14-18-60-42(30)26-20-28-36(23-34(26)50(45)5)57-35-22-33-25(19-27(35)38(28)39-40(48)31(46)21-32(47)43(39)61(54,55)56)41-29(13-17-59-41)44(2,49(33)4)15-9-6-7-12-37(51)52/h13-14,17-23H,1,6-12,15-16H2,2-5H3,(H2-,51,52,53,54,55,56). The number of halogens is 3. The highest BCUT2D eigenvalue weighted by molar-refractivity contribution is 7.85. The van der Waals surface area contributed by atoms with E-state index in [2.05, 4.69) is 34.8 Å². The quantitative estimate of drug-likeness (QED) is 0.0208. The first kappa shape index (κ1) is 42.7. The number of thiophene rings is 2. The molecular formula is C45H43F3N2O8S3. The fourth-order valence-corrected chi connectivity index (χ4v) is 12.2. The molecular weight excluding hydrogens is 850 g/mol. The molecule has 2 atom stereocenters. The van der Waals surface area contributed by atoms with E-state index >= 15 is 13.2 Å². The number of ether oxygens (including phenoxy) is 1. The lowest BCUT2D eigenvalue weighted by Crippen LogP contribution is -2.48. The number of carboxylic acid groups (broad SMARTS) is 1. The SMILES string of the molecule is C=C(CCCCC1(C)c2ccsc2-c2cc3c(cc2=[N+]1C)Oc1cc2c(cc1C=3c1c(F)c(F)cc(F)c1S(=O)(=O)[O-])-c1sccc1C(C)(CCCCCC(=O)O)N2C)OO. The minimum atomic E-state index is -5.72. The molecule has 8 rings (SSSR count). The van der Waals surface area contributed by atoms with Crippen molar-refractivity contribution in [1.82, 2.24) is 4.58 Å². The molecule has 16 heteroatoms. The van der Waals surface area contributed by atoms with E-state index in [9.17, 15) is 17.8 Å². The Morgan fingerprint density at radius 1 is 0.902 bits per heavy atom. The van der Waals surface area contributed by atoms with Crippen molar-refractivity contribution < 1.29 is 50.9 Å². The Morgan fingerprint density at radius 2 is 1.57 bits per heavy atom. The molecule has 0 aliphatic carbocycles. The Balaban J connectivity index is 1.38. The third-order valence-electron chi connectivity index (χ3n) is 12.8. The molecule has 2 N–H and O–H groups in total. The molecule has 0 bridgehead atoms. The minimum absolute atomic E-state index is 0.0703. The van der Waals surface area contributed by atoms with Crippen molar-refractivity contribution in [2.75, 3.05) is 19.0 Å². The summed E-state index contributed by atoms with van der Waals surface area (Å²) in [4.78, 5) is 17.8. The van der Waals surface area contributed by atoms with Crippen LogP contribution in [0.3, 0.4) is 0 Å². The number of allylic oxidation sites excluding steroid dienone is 1. The third-order valence-corrected chi connectivity index (χ3v) is 15.6. The summed E-state index contributed by atoms with van der Waals surface area (Å²) >= 11 is 2.95. The number of hydrogen-bond acceptors (Lipinski definition) is 10. The van der Waals surface area contributed by atoms with Gasteiger partial charge in [-0.15, -0.1) is 22.7 Å². The molecule has 3 aliphatic heterocycles. The van der Waals surface area contributed by atoms with E-state index in [4.69, 9.17) is 15.1 Å². The Bertz CT molecular complexity index is 2910. The molecule has 3 aliphatic rings. The molecule has 5 heterocycles. The molecule has 320 valence electrons. The molecule has 61 heavy (non-hydrogen) atoms. The first-order valence-corrected chi connectivity index (χ1v) is 23.0. The maximum absolute atomic E-state index is 16.5. The van der Waals surface area contributed by atoms with Crippen molar-refractivity contribution in [3.63, 3.8) is 0 Å². The van der Waals surface area contributed by atoms with E-state index in [0.717, 1.165) is 44.8 Å². The highest BCUT2D eigenvalue weighted by atomic mass is 32.2. The van der Waals surface area contributed by atoms with E-state index in [1.807, 2.05) is 37.0 Å². The fraction of sp³-hybridized carbons (Fsp3) is 0.333. The number of hydrogen-bond donors (Lipinski definition) is 2. The first-order valence-electron chi connectivity index (χ1n) is 19.8. The number of aliphatic carboxylic acids is 1. The second-order valence-electron chi connectivity index (χ2n) is 16.3. The van der Waals surface area contributed by atoms with Gasteiger partial charge < -0.3 is 24.2 Å². The lowest BCUT2D eigenvalue weighted by Gasteiger charge is -2.46. The van der Waals surface area contributed by atoms with Crippen LogP contribution in [0.15, 0.2) is 70.5 Å². The van der Waals surface area contributed by atoms with Crippen LogP contribution in [0.1, 0.15) is 93.9 Å². The van der Waals surface area contributed by atoms with Gasteiger partial charge in [-0.25, -0.2) is 31.4 Å². The molecule has 0 saturated carbocycles. The van der Waals surface area contributed by atoms with Crippen LogP contribution in [-0.2, 0) is 30.9 Å². The third kappa shape index (κ3) is 7.05. The summed E-state index contributed by atoms with van der Waals surface area (Å²) < 4.78 is 95.1. The van der Waals surface area contributed by atoms with E-state index < -0.39 is 55.1 Å². The van der Waals surface area contributed by atoms with Gasteiger partial charge in [0.15, 0.2) is 17.2 Å². The van der Waals surface area contributed by atoms with Crippen molar-refractivity contribution in [3.05, 3.63) is 116 Å². The summed E-state index contributed by atoms with van der Waals surface area (Å²) in [6, 6.07) is 11.1. The van der Waals surface area contributed by atoms with Gasteiger partial charge in [0.25, 0.3) is 0 Å². The van der Waals surface area contributed by atoms with Crippen LogP contribution in [0.25, 0.3) is 26.5 Å². The van der Waals surface area contributed by atoms with Crippen LogP contribution in [0, 0.1) is 17.5 Å². The zero-order chi connectivity index (χ0) is 43.8. The van der Waals surface area contributed by atoms with E-state index in [-0.39, 0.29) is 46.1 Å². The molecule has 2 aromatic heterocycles. The van der Waals surface area contributed by atoms with Crippen molar-refractivity contribution in [1.29, 1.82) is 0 Å². The summed E-state index contributed by atoms with van der Waals surface area (Å²) in [5.41, 5.74) is 1.94. The smallest absolute Gasteiger partial charge is 0.303 e. The fourth-order valence-electron chi connectivity index (χ4n) is 9.34. The first-order chi connectivity index (χ1) is 28.9. The summed E-state index contributed by atoms with van der Waals surface area (Å²) in [6.45, 7) is 7.93. The van der Waals surface area contributed by atoms with Gasteiger partial charge in [0, 0.05) is 89.0 Å². The highest BCUT2D eigenvalue weighted by Gasteiger charge is 2.44. The molecule has 3 aromatic carbocycles. The summed E-state index contributed by atoms with van der Waals surface area (Å²) in [6.07, 6.45) is 5.40. The van der Waals surface area contributed by atoms with Crippen LogP contribution in [0.4, 0.5) is 18.9 Å². The monoisotopic (exact) mass is 892 g/mol. The number of unbranched alkanes of at least 4 members (excludes halogenated alkanes) is 3. The summed E-state index contributed by atoms with van der Waals surface area (Å²) in [5, 5.41) is 22.9. The number of rotatable bonds is 14. The average molecular weight is 893 g/mol. The number of nitrogens with zero attached hydrogens (tertiary/aromatic N) is 2. The maximum Gasteiger partial charge on any atom is 0.303 e. The minimum Gasteiger partial charge on any atom is -0.744 e. The lowest BCUT2D eigenvalue weighted by atomic mass is 9.79. The van der Waals surface area contributed by atoms with Crippen molar-refractivity contribution in [2.45, 2.75) is 87.6 Å². The molecule has 5 aromatic rings. The second kappa shape index (κ2) is 15.7. The van der Waals surface area contributed by atoms with Gasteiger partial charge in [-0.3, -0.25) is 4.79 Å². The van der Waals surface area contributed by atoms with E-state index in [0.29, 0.717) is 49.7 Å². The summed E-state index contributed by atoms with van der Waals surface area (Å²) in [5.74, 6) is -5.34. The van der Waals surface area contributed by atoms with Gasteiger partial charge in [-0.1, -0.05) is 19.4 Å². The topological polar surface area (TPSA) is 139 Å². The van der Waals surface area contributed by atoms with Crippen LogP contribution in [0.2, 0.25) is 0 Å². The second-order valence-corrected chi connectivity index (χ2v) is 19.5. The van der Waals surface area contributed by atoms with Crippen LogP contribution < -0.4 is 24.8 Å². The van der Waals surface area contributed by atoms with Gasteiger partial charge in [-0.05, 0) is 73.2 Å². The predicted octanol–water partition coefficient (Wildman–Crippen LogP) is 9.43. The highest BCUT2D eigenvalue weighted by Crippen LogP contribution is 2.55. The Kier molecular flexibility index (Phi) is 11.0. The zero-order valence-electron chi connectivity index (χ0n) is 33.9. The van der Waals surface area contributed by atoms with E-state index in [1.165, 1.54) is 22.7 Å². The lowest BCUT2D eigenvalue weighted by molar-refractivity contribution is -0.205. The number of carboxylic acids is 1. The molecule has 2 unspecified atom stereocenters. The predicted molar refractivity (Wildman–Crippen MR) is 227 cm³/mol. The van der Waals surface area contributed by atoms with Crippen molar-refractivity contribution >= 4 is 50.0 Å². The van der Waals surface area contributed by atoms with Gasteiger partial charge in [0.2, 0.25) is 5.36 Å². The van der Waals surface area contributed by atoms with Crippen LogP contribution in [0.5, 0.6) is 11.5 Å². The van der Waals surface area contributed by atoms with Crippen LogP contribution in [-0.4, -0.2) is 43.4 Å². The molecule has 0 saturated heterocycles. The van der Waals surface area contributed by atoms with E-state index in [1.54, 1.807) is 24.3 Å². The van der Waals surface area contributed by atoms with Crippen molar-refractivity contribution in [2.24, 2.45) is 0 Å². The number of carbonyl (C=O) groups is 1. The number of anilines is 1. The molecule has 0 spiro atoms. The maximum atomic E-state index is 16.5. The number of fused-ring (bicyclic) bond motifs is 8. The van der Waals surface area contributed by atoms with Gasteiger partial charge in [-0.2, -0.15) is 0 Å². The largest absolute Gasteiger partial charge is 0.744 e. The van der Waals surface area contributed by atoms with Crippen molar-refractivity contribution in [3.8, 4) is 32.4 Å². The summed E-state index contributed by atoms with van der Waals surface area (Å²) in [7, 11) is -1.84. The Hall–Kier alpha value is -5.00. The normalized spacial score (nSPS) is 18.7. The Morgan fingerprint density at radius 3 is 2.26 bits per heavy atom. The zero-order valence-corrected chi connectivity index (χ0v) is 36.3. The Labute approximate surface area is 358 Å². The molecule has 0 fully saturated rings. The van der Waals surface area contributed by atoms with Crippen LogP contribution >= 0.6 is 22.7 Å². The van der Waals surface area contributed by atoms with Gasteiger partial charge >= 0.3 is 5.97 Å². The van der Waals surface area contributed by atoms with Gasteiger partial charge in [0.1, 0.15) is 45.1 Å². The number of benzene rings is 3. The molecule has 0 amide bonds.